The number of carbonyl (C=O) groups is 1. The second kappa shape index (κ2) is 6.47. The van der Waals surface area contributed by atoms with Crippen LogP contribution in [0, 0.1) is 0 Å². The molecule has 0 saturated carbocycles. The van der Waals surface area contributed by atoms with E-state index >= 15 is 0 Å². The van der Waals surface area contributed by atoms with Gasteiger partial charge in [-0.05, 0) is 30.2 Å². The average molecular weight is 259 g/mol. The van der Waals surface area contributed by atoms with Crippen LogP contribution in [0.25, 0.3) is 0 Å². The lowest BCUT2D eigenvalue weighted by atomic mass is 10.1. The van der Waals surface area contributed by atoms with E-state index in [0.717, 1.165) is 12.0 Å². The number of hydrogen-bond acceptors (Lipinski definition) is 3. The topological polar surface area (TPSA) is 55.8 Å². The lowest BCUT2D eigenvalue weighted by Gasteiger charge is -2.15. The van der Waals surface area contributed by atoms with E-state index < -0.39 is 12.1 Å². The maximum Gasteiger partial charge on any atom is 0.347 e. The molecular weight excluding hydrogens is 244 g/mol. The number of rotatable bonds is 6. The van der Waals surface area contributed by atoms with E-state index in [0.29, 0.717) is 10.8 Å². The van der Waals surface area contributed by atoms with Crippen molar-refractivity contribution in [3.8, 4) is 5.75 Å². The van der Waals surface area contributed by atoms with Gasteiger partial charge in [0.15, 0.2) is 0 Å². The summed E-state index contributed by atoms with van der Waals surface area (Å²) in [4.78, 5) is 10.9. The van der Waals surface area contributed by atoms with Gasteiger partial charge in [0.25, 0.3) is 0 Å². The standard InChI is InChI=1S/C12H15ClO4/c1-3-8-6-9(4-5-10(8)13)17-11(7-16-2)12(14)15/h4-6,11H,3,7H2,1-2H3,(H,14,15). The Labute approximate surface area is 105 Å². The highest BCUT2D eigenvalue weighted by molar-refractivity contribution is 6.31. The molecule has 1 N–H and O–H groups in total. The molecule has 0 fully saturated rings. The molecule has 1 rings (SSSR count). The van der Waals surface area contributed by atoms with Crippen molar-refractivity contribution in [2.24, 2.45) is 0 Å². The normalized spacial score (nSPS) is 12.2. The Kier molecular flexibility index (Phi) is 5.25. The zero-order valence-electron chi connectivity index (χ0n) is 9.77. The van der Waals surface area contributed by atoms with Crippen LogP contribution in [0.3, 0.4) is 0 Å². The van der Waals surface area contributed by atoms with Gasteiger partial charge in [0.2, 0.25) is 6.10 Å². The number of ether oxygens (including phenoxy) is 2. The zero-order valence-corrected chi connectivity index (χ0v) is 10.5. The quantitative estimate of drug-likeness (QED) is 0.851. The minimum absolute atomic E-state index is 0.000577. The molecule has 5 heteroatoms. The third-order valence-corrected chi connectivity index (χ3v) is 2.64. The maximum atomic E-state index is 10.9. The number of hydrogen-bond donors (Lipinski definition) is 1. The third-order valence-electron chi connectivity index (χ3n) is 2.27. The Morgan fingerprint density at radius 3 is 2.76 bits per heavy atom. The fourth-order valence-corrected chi connectivity index (χ4v) is 1.62. The van der Waals surface area contributed by atoms with E-state index in [1.807, 2.05) is 6.92 Å². The highest BCUT2D eigenvalue weighted by atomic mass is 35.5. The summed E-state index contributed by atoms with van der Waals surface area (Å²) in [7, 11) is 1.43. The van der Waals surface area contributed by atoms with Crippen LogP contribution in [0.5, 0.6) is 5.75 Å². The summed E-state index contributed by atoms with van der Waals surface area (Å²) in [6.45, 7) is 1.97. The van der Waals surface area contributed by atoms with E-state index in [1.54, 1.807) is 18.2 Å². The van der Waals surface area contributed by atoms with Crippen molar-refractivity contribution >= 4 is 17.6 Å². The van der Waals surface area contributed by atoms with Gasteiger partial charge in [-0.1, -0.05) is 18.5 Å². The molecule has 0 aliphatic rings. The molecule has 0 heterocycles. The van der Waals surface area contributed by atoms with Crippen molar-refractivity contribution < 1.29 is 19.4 Å². The van der Waals surface area contributed by atoms with Crippen LogP contribution < -0.4 is 4.74 Å². The molecule has 1 aromatic rings. The van der Waals surface area contributed by atoms with Crippen LogP contribution in [0.4, 0.5) is 0 Å². The maximum absolute atomic E-state index is 10.9. The molecule has 0 saturated heterocycles. The fourth-order valence-electron chi connectivity index (χ4n) is 1.37. The lowest BCUT2D eigenvalue weighted by Crippen LogP contribution is -2.31. The lowest BCUT2D eigenvalue weighted by molar-refractivity contribution is -0.147. The summed E-state index contributed by atoms with van der Waals surface area (Å²) in [6.07, 6.45) is -0.246. The first-order valence-corrected chi connectivity index (χ1v) is 5.63. The van der Waals surface area contributed by atoms with Crippen LogP contribution in [-0.2, 0) is 16.0 Å². The molecule has 0 aliphatic carbocycles. The van der Waals surface area contributed by atoms with Gasteiger partial charge in [-0.25, -0.2) is 4.79 Å². The summed E-state index contributed by atoms with van der Waals surface area (Å²) in [5.74, 6) is -0.574. The summed E-state index contributed by atoms with van der Waals surface area (Å²) < 4.78 is 10.1. The molecule has 0 aromatic heterocycles. The molecule has 0 spiro atoms. The number of aryl methyl sites for hydroxylation is 1. The summed E-state index contributed by atoms with van der Waals surface area (Å²) >= 11 is 5.96. The van der Waals surface area contributed by atoms with Crippen molar-refractivity contribution in [1.82, 2.24) is 0 Å². The average Bonchev–Trinajstić information content (AvgIpc) is 2.30. The molecule has 0 radical (unpaired) electrons. The Morgan fingerprint density at radius 2 is 2.24 bits per heavy atom. The second-order valence-corrected chi connectivity index (χ2v) is 3.91. The van der Waals surface area contributed by atoms with Crippen LogP contribution in [0.1, 0.15) is 12.5 Å². The molecule has 94 valence electrons. The van der Waals surface area contributed by atoms with Gasteiger partial charge in [-0.15, -0.1) is 0 Å². The minimum Gasteiger partial charge on any atom is -0.478 e. The largest absolute Gasteiger partial charge is 0.478 e. The van der Waals surface area contributed by atoms with Gasteiger partial charge in [-0.2, -0.15) is 0 Å². The SMILES string of the molecule is CCc1cc(OC(COC)C(=O)O)ccc1Cl. The number of aliphatic carboxylic acids is 1. The van der Waals surface area contributed by atoms with Crippen molar-refractivity contribution in [2.45, 2.75) is 19.4 Å². The molecule has 4 nitrogen and oxygen atoms in total. The van der Waals surface area contributed by atoms with E-state index in [4.69, 9.17) is 26.2 Å². The van der Waals surface area contributed by atoms with Crippen molar-refractivity contribution in [1.29, 1.82) is 0 Å². The molecule has 0 amide bonds. The minimum atomic E-state index is -1.06. The smallest absolute Gasteiger partial charge is 0.347 e. The van der Waals surface area contributed by atoms with Crippen molar-refractivity contribution in [3.05, 3.63) is 28.8 Å². The van der Waals surface area contributed by atoms with Gasteiger partial charge in [-0.3, -0.25) is 0 Å². The van der Waals surface area contributed by atoms with Gasteiger partial charge in [0.1, 0.15) is 5.75 Å². The van der Waals surface area contributed by atoms with Gasteiger partial charge in [0, 0.05) is 12.1 Å². The number of halogens is 1. The zero-order chi connectivity index (χ0) is 12.8. The van der Waals surface area contributed by atoms with Gasteiger partial charge in [0.05, 0.1) is 6.61 Å². The highest BCUT2D eigenvalue weighted by Crippen LogP contribution is 2.23. The predicted molar refractivity (Wildman–Crippen MR) is 64.8 cm³/mol. The van der Waals surface area contributed by atoms with Crippen LogP contribution in [0.2, 0.25) is 5.02 Å². The van der Waals surface area contributed by atoms with Crippen LogP contribution in [-0.4, -0.2) is 30.9 Å². The first-order valence-electron chi connectivity index (χ1n) is 5.25. The first-order chi connectivity index (χ1) is 8.08. The summed E-state index contributed by atoms with van der Waals surface area (Å²) in [5, 5.41) is 9.57. The molecule has 1 aromatic carbocycles. The Hall–Kier alpha value is -1.26. The number of carboxylic acids is 1. The summed E-state index contributed by atoms with van der Waals surface area (Å²) in [6, 6.07) is 5.09. The van der Waals surface area contributed by atoms with Crippen LogP contribution in [0.15, 0.2) is 18.2 Å². The number of methoxy groups -OCH3 is 1. The fraction of sp³-hybridized carbons (Fsp3) is 0.417. The first kappa shape index (κ1) is 13.8. The Balaban J connectivity index is 2.82. The van der Waals surface area contributed by atoms with Gasteiger partial charge < -0.3 is 14.6 Å². The highest BCUT2D eigenvalue weighted by Gasteiger charge is 2.19. The molecule has 0 bridgehead atoms. The van der Waals surface area contributed by atoms with Gasteiger partial charge >= 0.3 is 5.97 Å². The van der Waals surface area contributed by atoms with Crippen molar-refractivity contribution in [3.63, 3.8) is 0 Å². The van der Waals surface area contributed by atoms with Crippen LogP contribution >= 0.6 is 11.6 Å². The third kappa shape index (κ3) is 3.91. The predicted octanol–water partition coefficient (Wildman–Crippen LogP) is 2.38. The van der Waals surface area contributed by atoms with E-state index in [-0.39, 0.29) is 6.61 Å². The second-order valence-electron chi connectivity index (χ2n) is 3.51. The summed E-state index contributed by atoms with van der Waals surface area (Å²) in [5.41, 5.74) is 0.922. The molecule has 17 heavy (non-hydrogen) atoms. The Bertz CT molecular complexity index is 392. The van der Waals surface area contributed by atoms with Crippen molar-refractivity contribution in [2.75, 3.05) is 13.7 Å². The molecule has 1 atom stereocenters. The van der Waals surface area contributed by atoms with E-state index in [9.17, 15) is 4.79 Å². The molecule has 1 unspecified atom stereocenters. The molecule has 0 aliphatic heterocycles. The van der Waals surface area contributed by atoms with E-state index in [1.165, 1.54) is 7.11 Å². The number of carboxylic acid groups (broad SMARTS) is 1. The Morgan fingerprint density at radius 1 is 1.53 bits per heavy atom. The molecular formula is C12H15ClO4. The monoisotopic (exact) mass is 258 g/mol. The number of benzene rings is 1. The van der Waals surface area contributed by atoms with E-state index in [2.05, 4.69) is 0 Å².